The standard InChI is InChI=1S/C26H35N5O2/c1-16-7-4-8-17(2)31(16)18(3)9-5-10-19-11-6-12-21-24(19)30-26(32)22(29-21)15-20-13-14-23(33-20)25(27)28/h6,11-14,16-18H,4-5,7-10,15H2,1-3H3,(H3,27,28)(H,30,32). The lowest BCUT2D eigenvalue weighted by Gasteiger charge is -2.43. The number of benzene rings is 1. The second-order valence-electron chi connectivity index (χ2n) is 9.50. The van der Waals surface area contributed by atoms with Crippen LogP contribution in [0.5, 0.6) is 0 Å². The monoisotopic (exact) mass is 449 g/mol. The zero-order chi connectivity index (χ0) is 23.5. The molecule has 3 unspecified atom stereocenters. The molecule has 1 aromatic carbocycles. The number of furan rings is 1. The number of aromatic amines is 1. The largest absolute Gasteiger partial charge is 0.457 e. The van der Waals surface area contributed by atoms with Crippen molar-refractivity contribution in [2.45, 2.75) is 83.8 Å². The zero-order valence-electron chi connectivity index (χ0n) is 19.9. The Balaban J connectivity index is 1.46. The highest BCUT2D eigenvalue weighted by Gasteiger charge is 2.28. The van der Waals surface area contributed by atoms with E-state index in [4.69, 9.17) is 15.6 Å². The fourth-order valence-electron chi connectivity index (χ4n) is 5.36. The molecule has 176 valence electrons. The van der Waals surface area contributed by atoms with Crippen molar-refractivity contribution in [2.24, 2.45) is 5.73 Å². The molecule has 0 amide bonds. The number of nitrogens with one attached hydrogen (secondary N) is 2. The maximum Gasteiger partial charge on any atom is 0.270 e. The Labute approximate surface area is 194 Å². The smallest absolute Gasteiger partial charge is 0.270 e. The molecular weight excluding hydrogens is 414 g/mol. The van der Waals surface area contributed by atoms with Gasteiger partial charge in [0.05, 0.1) is 17.5 Å². The van der Waals surface area contributed by atoms with Crippen molar-refractivity contribution in [3.05, 3.63) is 63.5 Å². The summed E-state index contributed by atoms with van der Waals surface area (Å²) < 4.78 is 5.53. The first kappa shape index (κ1) is 23.2. The van der Waals surface area contributed by atoms with Gasteiger partial charge in [0, 0.05) is 18.1 Å². The number of piperidine rings is 1. The van der Waals surface area contributed by atoms with E-state index >= 15 is 0 Å². The van der Waals surface area contributed by atoms with Gasteiger partial charge in [-0.25, -0.2) is 4.98 Å². The lowest BCUT2D eigenvalue weighted by molar-refractivity contribution is 0.0580. The Morgan fingerprint density at radius 2 is 2.03 bits per heavy atom. The third kappa shape index (κ3) is 5.19. The summed E-state index contributed by atoms with van der Waals surface area (Å²) in [5.41, 5.74) is 8.38. The topological polar surface area (TPSA) is 112 Å². The molecule has 4 rings (SSSR count). The number of nitrogen functional groups attached to an aromatic ring is 1. The maximum atomic E-state index is 12.8. The first-order valence-electron chi connectivity index (χ1n) is 12.0. The number of H-pyrrole nitrogens is 1. The Morgan fingerprint density at radius 3 is 2.73 bits per heavy atom. The molecule has 7 heteroatoms. The van der Waals surface area contributed by atoms with E-state index in [1.807, 2.05) is 12.1 Å². The molecule has 1 fully saturated rings. The fourth-order valence-corrected chi connectivity index (χ4v) is 5.36. The van der Waals surface area contributed by atoms with E-state index in [1.165, 1.54) is 19.3 Å². The van der Waals surface area contributed by atoms with Gasteiger partial charge in [0.1, 0.15) is 11.5 Å². The molecule has 0 saturated carbocycles. The summed E-state index contributed by atoms with van der Waals surface area (Å²) in [4.78, 5) is 23.1. The van der Waals surface area contributed by atoms with Crippen LogP contribution in [0.25, 0.3) is 11.0 Å². The van der Waals surface area contributed by atoms with Gasteiger partial charge >= 0.3 is 0 Å². The molecule has 1 saturated heterocycles. The van der Waals surface area contributed by atoms with E-state index in [-0.39, 0.29) is 17.8 Å². The summed E-state index contributed by atoms with van der Waals surface area (Å²) in [5, 5.41) is 7.46. The highest BCUT2D eigenvalue weighted by atomic mass is 16.3. The van der Waals surface area contributed by atoms with Gasteiger partial charge in [0.15, 0.2) is 11.6 Å². The van der Waals surface area contributed by atoms with Crippen LogP contribution in [0.1, 0.15) is 75.7 Å². The highest BCUT2D eigenvalue weighted by Crippen LogP contribution is 2.27. The minimum atomic E-state index is -0.208. The van der Waals surface area contributed by atoms with Gasteiger partial charge < -0.3 is 15.1 Å². The fraction of sp³-hybridized carbons (Fsp3) is 0.500. The number of likely N-dealkylation sites (tertiary alicyclic amines) is 1. The third-order valence-corrected chi connectivity index (χ3v) is 6.99. The van der Waals surface area contributed by atoms with Crippen LogP contribution in [0.4, 0.5) is 0 Å². The number of nitrogens with two attached hydrogens (primary N) is 1. The molecule has 0 radical (unpaired) electrons. The molecule has 3 aromatic rings. The van der Waals surface area contributed by atoms with E-state index in [0.29, 0.717) is 35.3 Å². The minimum Gasteiger partial charge on any atom is -0.457 e. The Kier molecular flexibility index (Phi) is 6.98. The Bertz CT molecular complexity index is 1170. The SMILES string of the molecule is CC(CCCc1cccc2nc(Cc3ccc(C(=N)N)o3)c(=O)[nH]c12)N1C(C)CCCC1C. The Hall–Kier alpha value is -2.93. The van der Waals surface area contributed by atoms with Crippen molar-refractivity contribution >= 4 is 16.9 Å². The van der Waals surface area contributed by atoms with Crippen LogP contribution < -0.4 is 11.3 Å². The number of hydrogen-bond donors (Lipinski definition) is 3. The number of para-hydroxylation sites is 1. The van der Waals surface area contributed by atoms with Crippen LogP contribution in [-0.2, 0) is 12.8 Å². The molecule has 3 heterocycles. The van der Waals surface area contributed by atoms with Gasteiger partial charge in [-0.15, -0.1) is 0 Å². The van der Waals surface area contributed by atoms with Gasteiger partial charge in [-0.1, -0.05) is 18.6 Å². The van der Waals surface area contributed by atoms with Gasteiger partial charge in [0.25, 0.3) is 5.56 Å². The lowest BCUT2D eigenvalue weighted by atomic mass is 9.93. The van der Waals surface area contributed by atoms with Crippen LogP contribution >= 0.6 is 0 Å². The van der Waals surface area contributed by atoms with Crippen molar-refractivity contribution in [1.82, 2.24) is 14.9 Å². The number of fused-ring (bicyclic) bond motifs is 1. The summed E-state index contributed by atoms with van der Waals surface area (Å²) >= 11 is 0. The van der Waals surface area contributed by atoms with E-state index in [0.717, 1.165) is 35.9 Å². The average molecular weight is 450 g/mol. The predicted octanol–water partition coefficient (Wildman–Crippen LogP) is 4.37. The zero-order valence-corrected chi connectivity index (χ0v) is 19.9. The van der Waals surface area contributed by atoms with Crippen LogP contribution in [0.3, 0.4) is 0 Å². The van der Waals surface area contributed by atoms with Crippen LogP contribution in [0, 0.1) is 5.41 Å². The van der Waals surface area contributed by atoms with Crippen molar-refractivity contribution in [1.29, 1.82) is 5.41 Å². The first-order chi connectivity index (χ1) is 15.8. The van der Waals surface area contributed by atoms with E-state index in [9.17, 15) is 4.79 Å². The Morgan fingerprint density at radius 1 is 1.27 bits per heavy atom. The quantitative estimate of drug-likeness (QED) is 0.349. The van der Waals surface area contributed by atoms with E-state index in [2.05, 4.69) is 41.7 Å². The van der Waals surface area contributed by atoms with Crippen LogP contribution in [-0.4, -0.2) is 38.8 Å². The number of nitrogens with zero attached hydrogens (tertiary/aromatic N) is 2. The van der Waals surface area contributed by atoms with Gasteiger partial charge in [-0.3, -0.25) is 15.1 Å². The first-order valence-corrected chi connectivity index (χ1v) is 12.0. The van der Waals surface area contributed by atoms with Gasteiger partial charge in [-0.2, -0.15) is 0 Å². The average Bonchev–Trinajstić information content (AvgIpc) is 3.23. The molecule has 0 bridgehead atoms. The lowest BCUT2D eigenvalue weighted by Crippen LogP contribution is -2.48. The summed E-state index contributed by atoms with van der Waals surface area (Å²) in [6, 6.07) is 11.2. The highest BCUT2D eigenvalue weighted by molar-refractivity contribution is 5.92. The molecule has 1 aliphatic heterocycles. The van der Waals surface area contributed by atoms with Gasteiger partial charge in [-0.05, 0) is 76.6 Å². The molecule has 7 nitrogen and oxygen atoms in total. The number of aromatic nitrogens is 2. The van der Waals surface area contributed by atoms with Crippen LogP contribution in [0.2, 0.25) is 0 Å². The molecule has 4 N–H and O–H groups in total. The number of hydrogen-bond acceptors (Lipinski definition) is 5. The molecule has 0 spiro atoms. The van der Waals surface area contributed by atoms with E-state index < -0.39 is 0 Å². The maximum absolute atomic E-state index is 12.8. The van der Waals surface area contributed by atoms with Crippen molar-refractivity contribution in [3.63, 3.8) is 0 Å². The second-order valence-corrected chi connectivity index (χ2v) is 9.50. The molecule has 2 aromatic heterocycles. The summed E-state index contributed by atoms with van der Waals surface area (Å²) in [6.45, 7) is 7.06. The summed E-state index contributed by atoms with van der Waals surface area (Å²) in [7, 11) is 0. The third-order valence-electron chi connectivity index (χ3n) is 6.99. The molecule has 33 heavy (non-hydrogen) atoms. The van der Waals surface area contributed by atoms with Crippen LogP contribution in [0.15, 0.2) is 39.5 Å². The number of aryl methyl sites for hydroxylation is 1. The molecule has 1 aliphatic rings. The molecule has 3 atom stereocenters. The van der Waals surface area contributed by atoms with Crippen molar-refractivity contribution in [2.75, 3.05) is 0 Å². The van der Waals surface area contributed by atoms with E-state index in [1.54, 1.807) is 12.1 Å². The predicted molar refractivity (Wildman–Crippen MR) is 132 cm³/mol. The van der Waals surface area contributed by atoms with Crippen molar-refractivity contribution < 1.29 is 4.42 Å². The van der Waals surface area contributed by atoms with Crippen molar-refractivity contribution in [3.8, 4) is 0 Å². The molecular formula is C26H35N5O2. The minimum absolute atomic E-state index is 0.134. The second kappa shape index (κ2) is 9.91. The van der Waals surface area contributed by atoms with Gasteiger partial charge in [0.2, 0.25) is 0 Å². The summed E-state index contributed by atoms with van der Waals surface area (Å²) in [5.74, 6) is 0.723. The summed E-state index contributed by atoms with van der Waals surface area (Å²) in [6.07, 6.45) is 7.30. The normalized spacial score (nSPS) is 20.2. The number of amidine groups is 1. The molecule has 0 aliphatic carbocycles. The number of rotatable bonds is 8.